The second-order valence-electron chi connectivity index (χ2n) is 8.21. The lowest BCUT2D eigenvalue weighted by molar-refractivity contribution is -0.139. The number of anilines is 1. The van der Waals surface area contributed by atoms with E-state index in [0.29, 0.717) is 16.3 Å². The minimum atomic E-state index is -3.75. The van der Waals surface area contributed by atoms with Crippen molar-refractivity contribution in [2.24, 2.45) is 0 Å². The van der Waals surface area contributed by atoms with E-state index in [4.69, 9.17) is 11.6 Å². The summed E-state index contributed by atoms with van der Waals surface area (Å²) in [5, 5.41) is 3.35. The van der Waals surface area contributed by atoms with Crippen LogP contribution < -0.4 is 9.62 Å². The van der Waals surface area contributed by atoms with Crippen molar-refractivity contribution in [1.29, 1.82) is 0 Å². The highest BCUT2D eigenvalue weighted by Crippen LogP contribution is 2.22. The predicted octanol–water partition coefficient (Wildman–Crippen LogP) is 3.75. The summed E-state index contributed by atoms with van der Waals surface area (Å²) in [5.74, 6) is -0.821. The Morgan fingerprint density at radius 2 is 1.67 bits per heavy atom. The maximum Gasteiger partial charge on any atom is 0.244 e. The number of nitrogens with one attached hydrogen (secondary N) is 1. The molecule has 0 radical (unpaired) electrons. The molecule has 0 fully saturated rings. The Bertz CT molecular complexity index is 1070. The predicted molar refractivity (Wildman–Crippen MR) is 133 cm³/mol. The van der Waals surface area contributed by atoms with E-state index in [1.54, 1.807) is 55.5 Å². The third-order valence-electron chi connectivity index (χ3n) is 5.47. The van der Waals surface area contributed by atoms with Crippen LogP contribution in [0.5, 0.6) is 0 Å². The molecular formula is C24H32ClN3O4S. The molecule has 2 atom stereocenters. The number of hydrogen-bond donors (Lipinski definition) is 1. The molecule has 33 heavy (non-hydrogen) atoms. The number of rotatable bonds is 10. The molecule has 2 amide bonds. The number of halogens is 1. The van der Waals surface area contributed by atoms with Crippen LogP contribution in [0.2, 0.25) is 5.02 Å². The van der Waals surface area contributed by atoms with Gasteiger partial charge in [-0.15, -0.1) is 0 Å². The second kappa shape index (κ2) is 11.5. The fraction of sp³-hybridized carbons (Fsp3) is 0.417. The monoisotopic (exact) mass is 493 g/mol. The van der Waals surface area contributed by atoms with E-state index >= 15 is 0 Å². The van der Waals surface area contributed by atoms with Crippen molar-refractivity contribution in [2.75, 3.05) is 17.1 Å². The van der Waals surface area contributed by atoms with E-state index < -0.39 is 28.5 Å². The first-order valence-electron chi connectivity index (χ1n) is 10.8. The van der Waals surface area contributed by atoms with Crippen LogP contribution in [0.3, 0.4) is 0 Å². The van der Waals surface area contributed by atoms with Crippen molar-refractivity contribution in [2.45, 2.75) is 52.7 Å². The number of benzene rings is 2. The van der Waals surface area contributed by atoms with Gasteiger partial charge in [-0.1, -0.05) is 54.4 Å². The Morgan fingerprint density at radius 1 is 1.06 bits per heavy atom. The maximum absolute atomic E-state index is 13.5. The molecule has 2 rings (SSSR count). The van der Waals surface area contributed by atoms with Crippen molar-refractivity contribution < 1.29 is 18.0 Å². The van der Waals surface area contributed by atoms with Gasteiger partial charge < -0.3 is 10.2 Å². The van der Waals surface area contributed by atoms with Gasteiger partial charge in [-0.2, -0.15) is 0 Å². The quantitative estimate of drug-likeness (QED) is 0.546. The second-order valence-corrected chi connectivity index (χ2v) is 10.5. The Balaban J connectivity index is 2.39. The fourth-order valence-electron chi connectivity index (χ4n) is 3.18. The van der Waals surface area contributed by atoms with Gasteiger partial charge in [-0.25, -0.2) is 8.42 Å². The number of sulfonamides is 1. The minimum absolute atomic E-state index is 0.0581. The van der Waals surface area contributed by atoms with Crippen LogP contribution in [0.15, 0.2) is 48.5 Å². The summed E-state index contributed by atoms with van der Waals surface area (Å²) >= 11 is 6.31. The first kappa shape index (κ1) is 26.7. The topological polar surface area (TPSA) is 86.8 Å². The highest BCUT2D eigenvalue weighted by molar-refractivity contribution is 7.92. The zero-order valence-electron chi connectivity index (χ0n) is 19.7. The zero-order chi connectivity index (χ0) is 24.8. The number of carbonyl (C=O) groups is 2. The van der Waals surface area contributed by atoms with E-state index in [1.165, 1.54) is 4.90 Å². The molecule has 0 aliphatic rings. The number of nitrogens with zero attached hydrogens (tertiary/aromatic N) is 2. The molecule has 0 aromatic heterocycles. The minimum Gasteiger partial charge on any atom is -0.352 e. The van der Waals surface area contributed by atoms with E-state index in [2.05, 4.69) is 5.32 Å². The lowest BCUT2D eigenvalue weighted by atomic mass is 10.1. The Labute approximate surface area is 201 Å². The molecule has 0 saturated heterocycles. The van der Waals surface area contributed by atoms with Gasteiger partial charge in [0.05, 0.1) is 11.9 Å². The standard InChI is InChI=1S/C24H32ClN3O4S/c1-6-18(3)26-24(30)19(4)27(15-20-9-7-8-10-22(20)25)23(29)16-28(33(5,31)32)21-13-11-17(2)12-14-21/h7-14,18-19H,6,15-16H2,1-5H3,(H,26,30)/t18-,19+/m1/s1. The Kier molecular flexibility index (Phi) is 9.31. The average Bonchev–Trinajstić information content (AvgIpc) is 2.76. The van der Waals surface area contributed by atoms with Crippen molar-refractivity contribution >= 4 is 39.1 Å². The molecule has 2 aromatic rings. The first-order valence-corrected chi connectivity index (χ1v) is 13.0. The van der Waals surface area contributed by atoms with Crippen molar-refractivity contribution in [1.82, 2.24) is 10.2 Å². The summed E-state index contributed by atoms with van der Waals surface area (Å²) in [5.41, 5.74) is 2.01. The largest absolute Gasteiger partial charge is 0.352 e. The molecule has 0 aliphatic carbocycles. The molecular weight excluding hydrogens is 462 g/mol. The van der Waals surface area contributed by atoms with Gasteiger partial charge in [0.1, 0.15) is 12.6 Å². The molecule has 7 nitrogen and oxygen atoms in total. The molecule has 0 spiro atoms. The average molecular weight is 494 g/mol. The molecule has 0 saturated carbocycles. The van der Waals surface area contributed by atoms with Gasteiger partial charge >= 0.3 is 0 Å². The molecule has 180 valence electrons. The smallest absolute Gasteiger partial charge is 0.244 e. The molecule has 9 heteroatoms. The van der Waals surface area contributed by atoms with Crippen LogP contribution in [-0.2, 0) is 26.2 Å². The van der Waals surface area contributed by atoms with Gasteiger partial charge in [0, 0.05) is 17.6 Å². The summed E-state index contributed by atoms with van der Waals surface area (Å²) in [6.45, 7) is 6.99. The third-order valence-corrected chi connectivity index (χ3v) is 6.98. The molecule has 0 unspecified atom stereocenters. The summed E-state index contributed by atoms with van der Waals surface area (Å²) in [7, 11) is -3.75. The van der Waals surface area contributed by atoms with Crippen LogP contribution in [0, 0.1) is 6.92 Å². The Hall–Kier alpha value is -2.58. The van der Waals surface area contributed by atoms with Crippen LogP contribution >= 0.6 is 11.6 Å². The number of hydrogen-bond acceptors (Lipinski definition) is 4. The van der Waals surface area contributed by atoms with E-state index in [1.807, 2.05) is 20.8 Å². The third kappa shape index (κ3) is 7.47. The highest BCUT2D eigenvalue weighted by atomic mass is 35.5. The Morgan fingerprint density at radius 3 is 2.21 bits per heavy atom. The van der Waals surface area contributed by atoms with Gasteiger partial charge in [0.25, 0.3) is 0 Å². The summed E-state index contributed by atoms with van der Waals surface area (Å²) in [4.78, 5) is 27.7. The lowest BCUT2D eigenvalue weighted by Gasteiger charge is -2.32. The van der Waals surface area contributed by atoms with Gasteiger partial charge in [-0.05, 0) is 51.0 Å². The van der Waals surface area contributed by atoms with E-state index in [-0.39, 0.29) is 18.5 Å². The van der Waals surface area contributed by atoms with Crippen LogP contribution in [0.1, 0.15) is 38.3 Å². The molecule has 0 bridgehead atoms. The molecule has 2 aromatic carbocycles. The van der Waals surface area contributed by atoms with Gasteiger partial charge in [0.2, 0.25) is 21.8 Å². The lowest BCUT2D eigenvalue weighted by Crippen LogP contribution is -2.52. The van der Waals surface area contributed by atoms with E-state index in [0.717, 1.165) is 22.5 Å². The number of aryl methyl sites for hydroxylation is 1. The van der Waals surface area contributed by atoms with Crippen LogP contribution in [0.25, 0.3) is 0 Å². The van der Waals surface area contributed by atoms with Gasteiger partial charge in [0.15, 0.2) is 0 Å². The summed E-state index contributed by atoms with van der Waals surface area (Å²) in [6, 6.07) is 13.0. The van der Waals surface area contributed by atoms with E-state index in [9.17, 15) is 18.0 Å². The molecule has 0 heterocycles. The van der Waals surface area contributed by atoms with Crippen molar-refractivity contribution in [3.63, 3.8) is 0 Å². The maximum atomic E-state index is 13.5. The number of carbonyl (C=O) groups excluding carboxylic acids is 2. The normalized spacial score (nSPS) is 13.2. The van der Waals surface area contributed by atoms with Gasteiger partial charge in [-0.3, -0.25) is 13.9 Å². The van der Waals surface area contributed by atoms with Crippen molar-refractivity contribution in [3.8, 4) is 0 Å². The summed E-state index contributed by atoms with van der Waals surface area (Å²) in [6.07, 6.45) is 1.80. The van der Waals surface area contributed by atoms with Crippen molar-refractivity contribution in [3.05, 3.63) is 64.7 Å². The van der Waals surface area contributed by atoms with Crippen LogP contribution in [-0.4, -0.2) is 50.0 Å². The number of amides is 2. The molecule has 0 aliphatic heterocycles. The highest BCUT2D eigenvalue weighted by Gasteiger charge is 2.30. The summed E-state index contributed by atoms with van der Waals surface area (Å²) < 4.78 is 26.1. The van der Waals surface area contributed by atoms with Crippen LogP contribution in [0.4, 0.5) is 5.69 Å². The molecule has 1 N–H and O–H groups in total. The zero-order valence-corrected chi connectivity index (χ0v) is 21.3. The SMILES string of the molecule is CC[C@@H](C)NC(=O)[C@H](C)N(Cc1ccccc1Cl)C(=O)CN(c1ccc(C)cc1)S(C)(=O)=O. The first-order chi connectivity index (χ1) is 15.4. The fourth-order valence-corrected chi connectivity index (χ4v) is 4.23.